The fourth-order valence-corrected chi connectivity index (χ4v) is 1.92. The highest BCUT2D eigenvalue weighted by Gasteiger charge is 2.25. The number of hydrogen-bond acceptors (Lipinski definition) is 4. The molecule has 1 heterocycles. The number of carbonyl (C=O) groups is 2. The molecule has 1 unspecified atom stereocenters. The van der Waals surface area contributed by atoms with Crippen molar-refractivity contribution in [2.45, 2.75) is 31.3 Å². The van der Waals surface area contributed by atoms with Gasteiger partial charge in [0.1, 0.15) is 0 Å². The third kappa shape index (κ3) is 4.27. The number of rotatable bonds is 5. The smallest absolute Gasteiger partial charge is 0.239 e. The molecule has 0 aromatic heterocycles. The van der Waals surface area contributed by atoms with Crippen molar-refractivity contribution in [3.05, 3.63) is 0 Å². The van der Waals surface area contributed by atoms with Crippen molar-refractivity contribution < 1.29 is 14.3 Å². The highest BCUT2D eigenvalue weighted by Crippen LogP contribution is 2.18. The Hall–Kier alpha value is -1.14. The predicted molar refractivity (Wildman–Crippen MR) is 66.0 cm³/mol. The number of nitrogens with one attached hydrogen (secondary N) is 2. The first-order valence-electron chi connectivity index (χ1n) is 6.49. The lowest BCUT2D eigenvalue weighted by Crippen LogP contribution is -2.46. The van der Waals surface area contributed by atoms with Gasteiger partial charge in [-0.05, 0) is 12.8 Å². The van der Waals surface area contributed by atoms with Crippen LogP contribution in [-0.4, -0.2) is 62.1 Å². The number of amides is 2. The fraction of sp³-hybridized carbons (Fsp3) is 0.833. The molecule has 0 aromatic carbocycles. The van der Waals surface area contributed by atoms with Crippen LogP contribution in [0.1, 0.15) is 19.3 Å². The third-order valence-electron chi connectivity index (χ3n) is 3.17. The van der Waals surface area contributed by atoms with Crippen LogP contribution < -0.4 is 10.6 Å². The summed E-state index contributed by atoms with van der Waals surface area (Å²) in [5.74, 6) is -0.0925. The first-order chi connectivity index (χ1) is 8.65. The van der Waals surface area contributed by atoms with Crippen LogP contribution in [0.3, 0.4) is 0 Å². The molecule has 1 saturated heterocycles. The van der Waals surface area contributed by atoms with Crippen molar-refractivity contribution >= 4 is 11.8 Å². The van der Waals surface area contributed by atoms with Gasteiger partial charge in [-0.25, -0.2) is 0 Å². The van der Waals surface area contributed by atoms with E-state index >= 15 is 0 Å². The van der Waals surface area contributed by atoms with Crippen LogP contribution in [0, 0.1) is 0 Å². The second-order valence-electron chi connectivity index (χ2n) is 5.02. The molecule has 2 amide bonds. The monoisotopic (exact) mass is 255 g/mol. The lowest BCUT2D eigenvalue weighted by atomic mass is 10.2. The molecular weight excluding hydrogens is 234 g/mol. The summed E-state index contributed by atoms with van der Waals surface area (Å²) in [6.45, 7) is 2.19. The van der Waals surface area contributed by atoms with Crippen molar-refractivity contribution in [3.8, 4) is 0 Å². The molecule has 1 atom stereocenters. The molecule has 1 aliphatic carbocycles. The van der Waals surface area contributed by atoms with E-state index in [0.29, 0.717) is 25.7 Å². The van der Waals surface area contributed by atoms with Gasteiger partial charge in [0.25, 0.3) is 0 Å². The summed E-state index contributed by atoms with van der Waals surface area (Å²) in [6.07, 6.45) is 2.51. The average Bonchev–Trinajstić information content (AvgIpc) is 3.14. The van der Waals surface area contributed by atoms with E-state index in [1.54, 1.807) is 7.05 Å². The second-order valence-corrected chi connectivity index (χ2v) is 5.02. The van der Waals surface area contributed by atoms with E-state index in [-0.39, 0.29) is 24.4 Å². The Labute approximate surface area is 107 Å². The largest absolute Gasteiger partial charge is 0.378 e. The Kier molecular flexibility index (Phi) is 4.54. The summed E-state index contributed by atoms with van der Waals surface area (Å²) < 4.78 is 5.29. The minimum absolute atomic E-state index is 0.0241. The van der Waals surface area contributed by atoms with Gasteiger partial charge in [0.05, 0.1) is 19.8 Å². The van der Waals surface area contributed by atoms with Gasteiger partial charge in [0, 0.05) is 32.1 Å². The van der Waals surface area contributed by atoms with Gasteiger partial charge in [0.15, 0.2) is 0 Å². The molecule has 0 aromatic rings. The number of nitrogens with zero attached hydrogens (tertiary/aromatic N) is 1. The van der Waals surface area contributed by atoms with Crippen molar-refractivity contribution in [3.63, 3.8) is 0 Å². The molecular formula is C12H21N3O3. The summed E-state index contributed by atoms with van der Waals surface area (Å²) in [7, 11) is 1.67. The Morgan fingerprint density at radius 3 is 2.83 bits per heavy atom. The van der Waals surface area contributed by atoms with Crippen LogP contribution in [0.25, 0.3) is 0 Å². The Bertz CT molecular complexity index is 312. The summed E-state index contributed by atoms with van der Waals surface area (Å²) in [6, 6.07) is 0.412. The number of carbonyl (C=O) groups excluding carboxylic acids is 2. The topological polar surface area (TPSA) is 70.7 Å². The van der Waals surface area contributed by atoms with Gasteiger partial charge in [-0.1, -0.05) is 0 Å². The lowest BCUT2D eigenvalue weighted by molar-refractivity contribution is -0.135. The maximum atomic E-state index is 11.9. The molecule has 6 heteroatoms. The number of likely N-dealkylation sites (N-methyl/N-ethyl adjacent to an activating group) is 1. The molecule has 2 N–H and O–H groups in total. The van der Waals surface area contributed by atoms with Crippen molar-refractivity contribution in [1.82, 2.24) is 15.5 Å². The Morgan fingerprint density at radius 1 is 1.44 bits per heavy atom. The van der Waals surface area contributed by atoms with E-state index in [0.717, 1.165) is 19.4 Å². The third-order valence-corrected chi connectivity index (χ3v) is 3.17. The Morgan fingerprint density at radius 2 is 2.22 bits per heavy atom. The molecule has 1 saturated carbocycles. The standard InChI is InChI=1S/C12H21N3O3/c1-15(7-11(16)14-9-2-3-9)12(17)6-10-8-18-5-4-13-10/h9-10,13H,2-8H2,1H3,(H,14,16). The molecule has 18 heavy (non-hydrogen) atoms. The molecule has 0 radical (unpaired) electrons. The van der Waals surface area contributed by atoms with Crippen LogP contribution in [0.15, 0.2) is 0 Å². The van der Waals surface area contributed by atoms with Gasteiger partial charge < -0.3 is 20.3 Å². The minimum Gasteiger partial charge on any atom is -0.378 e. The average molecular weight is 255 g/mol. The fourth-order valence-electron chi connectivity index (χ4n) is 1.92. The summed E-state index contributed by atoms with van der Waals surface area (Å²) in [4.78, 5) is 24.9. The van der Waals surface area contributed by atoms with Gasteiger partial charge in [-0.2, -0.15) is 0 Å². The molecule has 6 nitrogen and oxygen atoms in total. The van der Waals surface area contributed by atoms with E-state index < -0.39 is 0 Å². The van der Waals surface area contributed by atoms with E-state index in [1.807, 2.05) is 0 Å². The van der Waals surface area contributed by atoms with Gasteiger partial charge in [-0.15, -0.1) is 0 Å². The van der Waals surface area contributed by atoms with E-state index in [2.05, 4.69) is 10.6 Å². The van der Waals surface area contributed by atoms with Crippen molar-refractivity contribution in [2.75, 3.05) is 33.4 Å². The minimum atomic E-state index is -0.0683. The molecule has 2 fully saturated rings. The van der Waals surface area contributed by atoms with E-state index in [4.69, 9.17) is 4.74 Å². The highest BCUT2D eigenvalue weighted by atomic mass is 16.5. The molecule has 2 aliphatic rings. The normalized spacial score (nSPS) is 23.5. The first kappa shape index (κ1) is 13.3. The van der Waals surface area contributed by atoms with Gasteiger partial charge in [-0.3, -0.25) is 9.59 Å². The molecule has 102 valence electrons. The van der Waals surface area contributed by atoms with E-state index in [1.165, 1.54) is 4.90 Å². The number of morpholine rings is 1. The van der Waals surface area contributed by atoms with Crippen LogP contribution in [0.5, 0.6) is 0 Å². The molecule has 0 spiro atoms. The van der Waals surface area contributed by atoms with E-state index in [9.17, 15) is 9.59 Å². The van der Waals surface area contributed by atoms with Gasteiger partial charge in [0.2, 0.25) is 11.8 Å². The quantitative estimate of drug-likeness (QED) is 0.668. The summed E-state index contributed by atoms with van der Waals surface area (Å²) in [5.41, 5.74) is 0. The zero-order chi connectivity index (χ0) is 13.0. The Balaban J connectivity index is 1.67. The number of hydrogen-bond donors (Lipinski definition) is 2. The zero-order valence-corrected chi connectivity index (χ0v) is 10.8. The molecule has 1 aliphatic heterocycles. The van der Waals surface area contributed by atoms with Crippen LogP contribution in [0.2, 0.25) is 0 Å². The lowest BCUT2D eigenvalue weighted by Gasteiger charge is -2.25. The summed E-state index contributed by atoms with van der Waals surface area (Å²) >= 11 is 0. The highest BCUT2D eigenvalue weighted by molar-refractivity contribution is 5.85. The SMILES string of the molecule is CN(CC(=O)NC1CC1)C(=O)CC1COCCN1. The van der Waals surface area contributed by atoms with Crippen LogP contribution >= 0.6 is 0 Å². The number of ether oxygens (including phenoxy) is 1. The van der Waals surface area contributed by atoms with Crippen LogP contribution in [-0.2, 0) is 14.3 Å². The maximum Gasteiger partial charge on any atom is 0.239 e. The maximum absolute atomic E-state index is 11.9. The molecule has 2 rings (SSSR count). The van der Waals surface area contributed by atoms with Crippen molar-refractivity contribution in [1.29, 1.82) is 0 Å². The summed E-state index contributed by atoms with van der Waals surface area (Å²) in [5, 5.41) is 6.10. The molecule has 0 bridgehead atoms. The predicted octanol–water partition coefficient (Wildman–Crippen LogP) is -0.898. The van der Waals surface area contributed by atoms with Gasteiger partial charge >= 0.3 is 0 Å². The second kappa shape index (κ2) is 6.15. The van der Waals surface area contributed by atoms with Crippen LogP contribution in [0.4, 0.5) is 0 Å². The first-order valence-corrected chi connectivity index (χ1v) is 6.49. The van der Waals surface area contributed by atoms with Crippen molar-refractivity contribution in [2.24, 2.45) is 0 Å². The zero-order valence-electron chi connectivity index (χ0n) is 10.8.